The van der Waals surface area contributed by atoms with Gasteiger partial charge in [-0.2, -0.15) is 0 Å². The Morgan fingerprint density at radius 3 is 2.36 bits per heavy atom. The molecule has 8 nitrogen and oxygen atoms in total. The number of aliphatic imine (C=N–C) groups is 1. The number of rotatable bonds is 13. The van der Waals surface area contributed by atoms with Crippen molar-refractivity contribution in [3.8, 4) is 0 Å². The molecule has 0 aromatic heterocycles. The van der Waals surface area contributed by atoms with Gasteiger partial charge in [0.15, 0.2) is 5.78 Å². The van der Waals surface area contributed by atoms with Gasteiger partial charge in [0, 0.05) is 30.0 Å². The molecule has 9 atom stereocenters. The summed E-state index contributed by atoms with van der Waals surface area (Å²) in [5, 5.41) is 25.3. The zero-order valence-corrected chi connectivity index (χ0v) is 34.6. The first kappa shape index (κ1) is 41.6. The number of carbonyl (C=O) groups is 3. The second-order valence-corrected chi connectivity index (χ2v) is 20.1. The lowest BCUT2D eigenvalue weighted by molar-refractivity contribution is -0.235. The molecule has 5 aliphatic rings. The summed E-state index contributed by atoms with van der Waals surface area (Å²) in [7, 11) is 0. The highest BCUT2D eigenvalue weighted by atomic mass is 16.5. The van der Waals surface area contributed by atoms with Gasteiger partial charge in [0.05, 0.1) is 17.9 Å². The lowest BCUT2D eigenvalue weighted by Gasteiger charge is -2.72. The first-order chi connectivity index (χ1) is 24.6. The SMILES string of the molecule is C=N/C=C\C=C(/C)CCNC[C@H](O)[C@@]12CC[C@]3(C)[C@H](CC[C@@H]4[C@@]5(C)CC[C@H](OC(=O)CC(C)(C)C(=O)O)C(C)(C)[C@@H]5CC[C@]43C)C1=C(C(C)C)C(=O)C2. The van der Waals surface area contributed by atoms with Gasteiger partial charge >= 0.3 is 11.9 Å². The van der Waals surface area contributed by atoms with Crippen LogP contribution in [0.3, 0.4) is 0 Å². The van der Waals surface area contributed by atoms with E-state index >= 15 is 0 Å². The number of nitrogens with one attached hydrogen (secondary N) is 1. The van der Waals surface area contributed by atoms with Gasteiger partial charge in [-0.15, -0.1) is 0 Å². The molecule has 3 N–H and O–H groups in total. The summed E-state index contributed by atoms with van der Waals surface area (Å²) < 4.78 is 6.17. The predicted octanol–water partition coefficient (Wildman–Crippen LogP) is 8.88. The molecule has 0 aliphatic heterocycles. The summed E-state index contributed by atoms with van der Waals surface area (Å²) in [6.07, 6.45) is 13.7. The van der Waals surface area contributed by atoms with E-state index in [4.69, 9.17) is 4.74 Å². The van der Waals surface area contributed by atoms with Gasteiger partial charge in [0.2, 0.25) is 0 Å². The number of allylic oxidation sites excluding steroid dienone is 3. The Bertz CT molecular complexity index is 1550. The molecule has 296 valence electrons. The normalized spacial score (nSPS) is 37.5. The number of aliphatic hydroxyl groups excluding tert-OH is 1. The number of nitrogens with zero attached hydrogens (tertiary/aromatic N) is 1. The maximum absolute atomic E-state index is 14.0. The van der Waals surface area contributed by atoms with Crippen LogP contribution < -0.4 is 5.32 Å². The highest BCUT2D eigenvalue weighted by Crippen LogP contribution is 2.77. The Labute approximate surface area is 319 Å². The number of hydrogen-bond acceptors (Lipinski definition) is 7. The van der Waals surface area contributed by atoms with Crippen LogP contribution in [0.2, 0.25) is 0 Å². The van der Waals surface area contributed by atoms with Gasteiger partial charge in [0.1, 0.15) is 6.10 Å². The second kappa shape index (κ2) is 14.8. The molecule has 0 saturated heterocycles. The molecule has 5 aliphatic carbocycles. The molecule has 4 fully saturated rings. The van der Waals surface area contributed by atoms with Crippen LogP contribution in [0, 0.1) is 56.2 Å². The van der Waals surface area contributed by atoms with E-state index in [1.807, 2.05) is 12.2 Å². The summed E-state index contributed by atoms with van der Waals surface area (Å²) in [4.78, 5) is 42.6. The van der Waals surface area contributed by atoms with Crippen LogP contribution in [0.15, 0.2) is 40.1 Å². The Morgan fingerprint density at radius 2 is 1.72 bits per heavy atom. The minimum absolute atomic E-state index is 0.00771. The largest absolute Gasteiger partial charge is 0.481 e. The van der Waals surface area contributed by atoms with E-state index in [0.29, 0.717) is 24.8 Å². The number of carbonyl (C=O) groups excluding carboxylic acids is 2. The molecule has 5 rings (SSSR count). The molecular formula is C45H70N2O6. The van der Waals surface area contributed by atoms with Crippen molar-refractivity contribution in [1.29, 1.82) is 0 Å². The lowest BCUT2D eigenvalue weighted by atomic mass is 9.33. The van der Waals surface area contributed by atoms with Crippen LogP contribution >= 0.6 is 0 Å². The Kier molecular flexibility index (Phi) is 11.6. The molecule has 4 saturated carbocycles. The van der Waals surface area contributed by atoms with E-state index in [1.54, 1.807) is 20.0 Å². The van der Waals surface area contributed by atoms with Crippen molar-refractivity contribution in [3.63, 3.8) is 0 Å². The summed E-state index contributed by atoms with van der Waals surface area (Å²) >= 11 is 0. The highest BCUT2D eigenvalue weighted by Gasteiger charge is 2.70. The minimum Gasteiger partial charge on any atom is -0.481 e. The van der Waals surface area contributed by atoms with Crippen LogP contribution in [0.1, 0.15) is 140 Å². The Morgan fingerprint density at radius 1 is 1.02 bits per heavy atom. The van der Waals surface area contributed by atoms with Crippen LogP contribution in [0.4, 0.5) is 0 Å². The smallest absolute Gasteiger partial charge is 0.309 e. The number of Topliss-reactive ketones (excluding diaryl/α,β-unsaturated/α-hetero) is 1. The van der Waals surface area contributed by atoms with Crippen molar-refractivity contribution in [2.24, 2.45) is 61.2 Å². The molecule has 0 spiro atoms. The van der Waals surface area contributed by atoms with Gasteiger partial charge in [-0.3, -0.25) is 19.4 Å². The Balaban J connectivity index is 1.39. The predicted molar refractivity (Wildman–Crippen MR) is 211 cm³/mol. The molecule has 0 bridgehead atoms. The third-order valence-corrected chi connectivity index (χ3v) is 16.1. The van der Waals surface area contributed by atoms with Crippen molar-refractivity contribution in [1.82, 2.24) is 5.32 Å². The molecule has 0 heterocycles. The number of carboxylic acids is 1. The number of hydrogen-bond donors (Lipinski definition) is 3. The van der Waals surface area contributed by atoms with E-state index in [0.717, 1.165) is 69.9 Å². The zero-order chi connectivity index (χ0) is 39.4. The van der Waals surface area contributed by atoms with E-state index in [1.165, 1.54) is 11.1 Å². The third kappa shape index (κ3) is 6.95. The molecule has 0 amide bonds. The van der Waals surface area contributed by atoms with Crippen molar-refractivity contribution >= 4 is 24.4 Å². The van der Waals surface area contributed by atoms with Crippen molar-refractivity contribution in [3.05, 3.63) is 35.1 Å². The van der Waals surface area contributed by atoms with Crippen molar-refractivity contribution < 1.29 is 29.3 Å². The summed E-state index contributed by atoms with van der Waals surface area (Å²) in [5.74, 6) is 0.0663. The molecule has 0 aromatic carbocycles. The molecule has 53 heavy (non-hydrogen) atoms. The molecular weight excluding hydrogens is 665 g/mol. The summed E-state index contributed by atoms with van der Waals surface area (Å²) in [6.45, 7) is 26.4. The zero-order valence-electron chi connectivity index (χ0n) is 34.6. The topological polar surface area (TPSA) is 125 Å². The summed E-state index contributed by atoms with van der Waals surface area (Å²) in [6, 6.07) is 0. The Hall–Kier alpha value is -2.58. The lowest BCUT2D eigenvalue weighted by Crippen LogP contribution is -2.66. The van der Waals surface area contributed by atoms with Crippen molar-refractivity contribution in [2.75, 3.05) is 13.1 Å². The van der Waals surface area contributed by atoms with E-state index < -0.39 is 28.9 Å². The molecule has 8 heteroatoms. The number of ether oxygens (including phenoxy) is 1. The van der Waals surface area contributed by atoms with Gasteiger partial charge in [-0.1, -0.05) is 65.7 Å². The van der Waals surface area contributed by atoms with Crippen LogP contribution in [0.5, 0.6) is 0 Å². The molecule has 0 aromatic rings. The first-order valence-electron chi connectivity index (χ1n) is 20.5. The average molecular weight is 735 g/mol. The first-order valence-corrected chi connectivity index (χ1v) is 20.5. The van der Waals surface area contributed by atoms with Crippen LogP contribution in [-0.4, -0.2) is 59.9 Å². The number of aliphatic carboxylic acids is 1. The standard InChI is InChI=1S/C45H70N2O6/c1-28(2)37-31(48)25-45(34(49)27-47-24-18-29(3)13-12-23-46-11)22-21-43(9)30(38(37)45)14-15-33-42(8)19-17-35(53-36(50)26-40(4,5)39(51)52)41(6,7)32(42)16-20-44(33,43)10/h12-13,23,28,30,32-35,47,49H,11,14-22,24-27H2,1-10H3,(H,51,52)/b23-12-,29-13+/t30-,32+,33-,34+,35+,42+,43-,44-,45+/m1/s1. The number of ketones is 1. The fourth-order valence-electron chi connectivity index (χ4n) is 13.0. The quantitative estimate of drug-likeness (QED) is 0.0747. The van der Waals surface area contributed by atoms with Crippen molar-refractivity contribution in [2.45, 2.75) is 152 Å². The monoisotopic (exact) mass is 735 g/mol. The van der Waals surface area contributed by atoms with E-state index in [9.17, 15) is 24.6 Å². The second-order valence-electron chi connectivity index (χ2n) is 20.1. The minimum atomic E-state index is -1.16. The number of carboxylic acid groups (broad SMARTS) is 1. The third-order valence-electron chi connectivity index (χ3n) is 16.1. The summed E-state index contributed by atoms with van der Waals surface area (Å²) in [5.41, 5.74) is 1.72. The van der Waals surface area contributed by atoms with Crippen LogP contribution in [0.25, 0.3) is 0 Å². The molecule has 0 radical (unpaired) electrons. The number of fused-ring (bicyclic) bond motifs is 7. The van der Waals surface area contributed by atoms with Gasteiger partial charge in [-0.05, 0) is 143 Å². The number of esters is 1. The highest BCUT2D eigenvalue weighted by molar-refractivity contribution is 6.00. The maximum atomic E-state index is 14.0. The average Bonchev–Trinajstić information content (AvgIpc) is 3.37. The van der Waals surface area contributed by atoms with Gasteiger partial charge < -0.3 is 20.3 Å². The fourth-order valence-corrected chi connectivity index (χ4v) is 13.0. The van der Waals surface area contributed by atoms with Gasteiger partial charge in [-0.25, -0.2) is 0 Å². The van der Waals surface area contributed by atoms with E-state index in [-0.39, 0.29) is 51.8 Å². The fraction of sp³-hybridized carbons (Fsp3) is 0.778. The number of aliphatic hydroxyl groups is 1. The van der Waals surface area contributed by atoms with E-state index in [2.05, 4.69) is 72.4 Å². The maximum Gasteiger partial charge on any atom is 0.309 e. The van der Waals surface area contributed by atoms with Gasteiger partial charge in [0.25, 0.3) is 0 Å². The molecule has 0 unspecified atom stereocenters. The van der Waals surface area contributed by atoms with Crippen LogP contribution in [-0.2, 0) is 19.1 Å².